The Morgan fingerprint density at radius 2 is 1.89 bits per heavy atom. The fourth-order valence-electron chi connectivity index (χ4n) is 2.82. The molecule has 0 saturated heterocycles. The lowest BCUT2D eigenvalue weighted by atomic mass is 9.92. The number of hydrogen-bond acceptors (Lipinski definition) is 5. The summed E-state index contributed by atoms with van der Waals surface area (Å²) in [4.78, 5) is 3.40. The summed E-state index contributed by atoms with van der Waals surface area (Å²) < 4.78 is 5.77. The molecule has 0 bridgehead atoms. The van der Waals surface area contributed by atoms with Crippen molar-refractivity contribution in [3.05, 3.63) is 69.9 Å². The minimum atomic E-state index is -0.725. The summed E-state index contributed by atoms with van der Waals surface area (Å²) in [5.74, 6) is 0.360. The summed E-state index contributed by atoms with van der Waals surface area (Å²) in [5, 5.41) is 28.2. The van der Waals surface area contributed by atoms with Crippen molar-refractivity contribution in [2.24, 2.45) is 0 Å². The number of phenols is 1. The summed E-state index contributed by atoms with van der Waals surface area (Å²) >= 11 is 6.26. The van der Waals surface area contributed by atoms with E-state index in [1.165, 1.54) is 12.1 Å². The zero-order chi connectivity index (χ0) is 19.6. The predicted octanol–water partition coefficient (Wildman–Crippen LogP) is 4.66. The highest BCUT2D eigenvalue weighted by molar-refractivity contribution is 6.34. The van der Waals surface area contributed by atoms with Crippen LogP contribution in [0.5, 0.6) is 5.75 Å². The van der Waals surface area contributed by atoms with Gasteiger partial charge in [0.2, 0.25) is 17.5 Å². The average molecular weight is 384 g/mol. The number of halogens is 1. The summed E-state index contributed by atoms with van der Waals surface area (Å²) in [6, 6.07) is 9.94. The first-order valence-corrected chi connectivity index (χ1v) is 8.74. The van der Waals surface area contributed by atoms with Gasteiger partial charge in [-0.3, -0.25) is 0 Å². The second kappa shape index (κ2) is 7.78. The lowest BCUT2D eigenvalue weighted by molar-refractivity contribution is 0.148. The van der Waals surface area contributed by atoms with Crippen LogP contribution in [0.3, 0.4) is 0 Å². The molecule has 2 atom stereocenters. The van der Waals surface area contributed by atoms with Crippen molar-refractivity contribution >= 4 is 17.3 Å². The number of aliphatic hydroxyl groups is 1. The maximum Gasteiger partial charge on any atom is 0.247 e. The zero-order valence-corrected chi connectivity index (χ0v) is 15.6. The van der Waals surface area contributed by atoms with E-state index in [0.717, 1.165) is 11.1 Å². The topological polar surface area (TPSA) is 83.7 Å². The van der Waals surface area contributed by atoms with Crippen LogP contribution in [0.4, 0.5) is 5.69 Å². The van der Waals surface area contributed by atoms with Gasteiger partial charge in [-0.15, -0.1) is 10.2 Å². The summed E-state index contributed by atoms with van der Waals surface area (Å²) in [6.45, 7) is 10.7. The number of phenolic OH excluding ortho intramolecular Hbond substituents is 1. The highest BCUT2D eigenvalue weighted by Crippen LogP contribution is 2.34. The van der Waals surface area contributed by atoms with E-state index < -0.39 is 12.0 Å². The van der Waals surface area contributed by atoms with Gasteiger partial charge in [0.1, 0.15) is 5.75 Å². The Hall–Kier alpha value is -2.88. The SMILES string of the molecule is [C-]#[N+]c1ccc(C[C@@H](c2nnc(-c3ccc(O)cc3)o2)[C@@H](C)O)c(C)c1Cl. The zero-order valence-electron chi connectivity index (χ0n) is 14.8. The third-order valence-electron chi connectivity index (χ3n) is 4.49. The van der Waals surface area contributed by atoms with Crippen molar-refractivity contribution in [3.63, 3.8) is 0 Å². The van der Waals surface area contributed by atoms with Crippen molar-refractivity contribution < 1.29 is 14.6 Å². The quantitative estimate of drug-likeness (QED) is 0.626. The molecule has 0 fully saturated rings. The molecular weight excluding hydrogens is 366 g/mol. The molecule has 0 radical (unpaired) electrons. The molecule has 0 aliphatic carbocycles. The van der Waals surface area contributed by atoms with Crippen molar-refractivity contribution in [1.82, 2.24) is 10.2 Å². The van der Waals surface area contributed by atoms with Crippen LogP contribution in [0.25, 0.3) is 16.3 Å². The Balaban J connectivity index is 1.90. The van der Waals surface area contributed by atoms with Crippen molar-refractivity contribution in [3.8, 4) is 17.2 Å². The van der Waals surface area contributed by atoms with Crippen LogP contribution in [0.15, 0.2) is 40.8 Å². The van der Waals surface area contributed by atoms with Gasteiger partial charge in [0.05, 0.1) is 23.6 Å². The molecule has 2 aromatic carbocycles. The van der Waals surface area contributed by atoms with Gasteiger partial charge in [-0.05, 0) is 55.7 Å². The van der Waals surface area contributed by atoms with Gasteiger partial charge >= 0.3 is 0 Å². The van der Waals surface area contributed by atoms with Crippen LogP contribution in [-0.2, 0) is 6.42 Å². The Bertz CT molecular complexity index is 991. The standard InChI is InChI=1S/C20H18ClN3O3/c1-11-14(6-9-17(22-3)18(11)21)10-16(12(2)25)20-24-23-19(27-20)13-4-7-15(26)8-5-13/h4-9,12,16,25-26H,10H2,1-2H3/t12-,16-/m1/s1. The minimum Gasteiger partial charge on any atom is -0.508 e. The number of aliphatic hydroxyl groups excluding tert-OH is 1. The third kappa shape index (κ3) is 3.95. The number of hydrogen-bond donors (Lipinski definition) is 2. The first-order valence-electron chi connectivity index (χ1n) is 8.37. The van der Waals surface area contributed by atoms with Crippen LogP contribution in [0.1, 0.15) is 29.9 Å². The normalized spacial score (nSPS) is 13.1. The second-order valence-corrected chi connectivity index (χ2v) is 6.72. The van der Waals surface area contributed by atoms with Gasteiger partial charge in [0, 0.05) is 5.56 Å². The van der Waals surface area contributed by atoms with E-state index in [1.807, 2.05) is 13.0 Å². The number of nitrogens with zero attached hydrogens (tertiary/aromatic N) is 3. The van der Waals surface area contributed by atoms with E-state index in [0.29, 0.717) is 34.5 Å². The minimum absolute atomic E-state index is 0.149. The van der Waals surface area contributed by atoms with E-state index in [4.69, 9.17) is 22.6 Å². The average Bonchev–Trinajstić information content (AvgIpc) is 3.13. The smallest absolute Gasteiger partial charge is 0.247 e. The first-order chi connectivity index (χ1) is 12.9. The molecule has 0 saturated carbocycles. The molecule has 6 nitrogen and oxygen atoms in total. The molecule has 0 unspecified atom stereocenters. The van der Waals surface area contributed by atoms with Gasteiger partial charge < -0.3 is 14.6 Å². The summed E-state index contributed by atoms with van der Waals surface area (Å²) in [5.41, 5.74) is 2.78. The third-order valence-corrected chi connectivity index (χ3v) is 4.97. The molecular formula is C20H18ClN3O3. The Morgan fingerprint density at radius 1 is 1.19 bits per heavy atom. The van der Waals surface area contributed by atoms with E-state index in [1.54, 1.807) is 25.1 Å². The molecule has 3 aromatic rings. The van der Waals surface area contributed by atoms with Gasteiger partial charge in [-0.25, -0.2) is 4.85 Å². The molecule has 0 aliphatic heterocycles. The van der Waals surface area contributed by atoms with Crippen LogP contribution >= 0.6 is 11.6 Å². The number of aromatic nitrogens is 2. The number of benzene rings is 2. The molecule has 2 N–H and O–H groups in total. The van der Waals surface area contributed by atoms with Crippen molar-refractivity contribution in [1.29, 1.82) is 0 Å². The van der Waals surface area contributed by atoms with Crippen LogP contribution in [0, 0.1) is 13.5 Å². The van der Waals surface area contributed by atoms with E-state index in [2.05, 4.69) is 15.0 Å². The molecule has 1 heterocycles. The van der Waals surface area contributed by atoms with E-state index in [9.17, 15) is 10.2 Å². The van der Waals surface area contributed by atoms with Gasteiger partial charge in [0.15, 0.2) is 0 Å². The summed E-state index contributed by atoms with van der Waals surface area (Å²) in [6.07, 6.45) is -0.282. The van der Waals surface area contributed by atoms with E-state index >= 15 is 0 Å². The van der Waals surface area contributed by atoms with Gasteiger partial charge in [-0.2, -0.15) is 0 Å². The van der Waals surface area contributed by atoms with Gasteiger partial charge in [-0.1, -0.05) is 23.7 Å². The molecule has 7 heteroatoms. The maximum atomic E-state index is 10.3. The first kappa shape index (κ1) is 18.9. The van der Waals surface area contributed by atoms with Crippen molar-refractivity contribution in [2.75, 3.05) is 0 Å². The largest absolute Gasteiger partial charge is 0.508 e. The number of aromatic hydroxyl groups is 1. The second-order valence-electron chi connectivity index (χ2n) is 6.34. The monoisotopic (exact) mass is 383 g/mol. The lowest BCUT2D eigenvalue weighted by Gasteiger charge is -2.18. The Kier molecular flexibility index (Phi) is 5.45. The Labute approximate surface area is 161 Å². The fraction of sp³-hybridized carbons (Fsp3) is 0.250. The molecule has 0 aliphatic rings. The molecule has 3 rings (SSSR count). The number of rotatable bonds is 5. The highest BCUT2D eigenvalue weighted by atomic mass is 35.5. The van der Waals surface area contributed by atoms with Crippen LogP contribution in [0.2, 0.25) is 5.02 Å². The van der Waals surface area contributed by atoms with Crippen LogP contribution in [-0.4, -0.2) is 26.5 Å². The van der Waals surface area contributed by atoms with Crippen LogP contribution < -0.4 is 0 Å². The highest BCUT2D eigenvalue weighted by Gasteiger charge is 2.26. The maximum absolute atomic E-state index is 10.3. The molecule has 1 aromatic heterocycles. The van der Waals surface area contributed by atoms with Crippen molar-refractivity contribution in [2.45, 2.75) is 32.3 Å². The molecule has 0 amide bonds. The van der Waals surface area contributed by atoms with Gasteiger partial charge in [0.25, 0.3) is 0 Å². The molecule has 138 valence electrons. The fourth-order valence-corrected chi connectivity index (χ4v) is 3.05. The lowest BCUT2D eigenvalue weighted by Crippen LogP contribution is -2.18. The predicted molar refractivity (Wildman–Crippen MR) is 102 cm³/mol. The van der Waals surface area contributed by atoms with E-state index in [-0.39, 0.29) is 5.75 Å². The molecule has 27 heavy (non-hydrogen) atoms. The Morgan fingerprint density at radius 3 is 2.52 bits per heavy atom. The summed E-state index contributed by atoms with van der Waals surface area (Å²) in [7, 11) is 0. The molecule has 0 spiro atoms.